The van der Waals surface area contributed by atoms with Crippen molar-refractivity contribution in [1.82, 2.24) is 5.32 Å². The van der Waals surface area contributed by atoms with Gasteiger partial charge in [0.15, 0.2) is 0 Å². The van der Waals surface area contributed by atoms with Gasteiger partial charge >= 0.3 is 7.82 Å². The molecule has 0 saturated heterocycles. The molecule has 0 bridgehead atoms. The number of rotatable bonds is 36. The number of nitrogens with one attached hydrogen (secondary N) is 1. The van der Waals surface area contributed by atoms with Gasteiger partial charge in [0.25, 0.3) is 0 Å². The van der Waals surface area contributed by atoms with Gasteiger partial charge in [0.2, 0.25) is 5.91 Å². The van der Waals surface area contributed by atoms with E-state index in [9.17, 15) is 19.4 Å². The minimum atomic E-state index is -4.31. The van der Waals surface area contributed by atoms with Crippen LogP contribution in [0.1, 0.15) is 181 Å². The predicted molar refractivity (Wildman–Crippen MR) is 203 cm³/mol. The van der Waals surface area contributed by atoms with Crippen molar-refractivity contribution in [3.8, 4) is 0 Å². The highest BCUT2D eigenvalue weighted by molar-refractivity contribution is 7.47. The Balaban J connectivity index is 4.38. The average molecular weight is 704 g/mol. The Bertz CT molecular complexity index is 804. The van der Waals surface area contributed by atoms with Crippen molar-refractivity contribution in [2.75, 3.05) is 40.9 Å². The van der Waals surface area contributed by atoms with E-state index in [4.69, 9.17) is 9.05 Å². The second kappa shape index (κ2) is 32.2. The topological polar surface area (TPSA) is 105 Å². The van der Waals surface area contributed by atoms with Crippen LogP contribution in [0.3, 0.4) is 0 Å². The number of carbonyl (C=O) groups excluding carboxylic acids is 1. The van der Waals surface area contributed by atoms with E-state index < -0.39 is 20.0 Å². The number of aliphatic hydroxyl groups excluding tert-OH is 1. The lowest BCUT2D eigenvalue weighted by atomic mass is 10.0. The van der Waals surface area contributed by atoms with Crippen molar-refractivity contribution in [3.05, 3.63) is 12.2 Å². The van der Waals surface area contributed by atoms with E-state index in [1.807, 2.05) is 21.1 Å². The molecule has 48 heavy (non-hydrogen) atoms. The number of allylic oxidation sites excluding steroid dienone is 2. The molecule has 0 aliphatic rings. The molecular weight excluding hydrogens is 623 g/mol. The first kappa shape index (κ1) is 47.2. The van der Waals surface area contributed by atoms with Gasteiger partial charge in [-0.15, -0.1) is 0 Å². The average Bonchev–Trinajstić information content (AvgIpc) is 3.02. The van der Waals surface area contributed by atoms with Gasteiger partial charge in [-0.3, -0.25) is 13.8 Å². The Morgan fingerprint density at radius 1 is 0.688 bits per heavy atom. The molecule has 0 aromatic heterocycles. The van der Waals surface area contributed by atoms with Crippen LogP contribution in [0.25, 0.3) is 0 Å². The number of phosphoric acid groups is 1. The third-order valence-corrected chi connectivity index (χ3v) is 10.00. The minimum absolute atomic E-state index is 0.0717. The van der Waals surface area contributed by atoms with Gasteiger partial charge < -0.3 is 19.8 Å². The zero-order chi connectivity index (χ0) is 35.8. The molecule has 286 valence electrons. The number of hydrogen-bond donors (Lipinski definition) is 3. The zero-order valence-corrected chi connectivity index (χ0v) is 33.1. The van der Waals surface area contributed by atoms with Gasteiger partial charge in [-0.05, 0) is 32.1 Å². The molecule has 0 radical (unpaired) electrons. The molecule has 0 aliphatic heterocycles. The van der Waals surface area contributed by atoms with Crippen LogP contribution in [0.2, 0.25) is 0 Å². The standard InChI is InChI=1S/C39H79N2O6P/c1-6-8-10-12-14-16-17-18-19-20-21-22-23-25-26-28-30-32-38(42)37(36-47-48(44,45)46-35-34-41(3,4)5)40-39(43)33-31-29-27-24-15-13-11-9-7-2/h24,27,37-38,42H,6-23,25-26,28-36H2,1-5H3,(H-,40,43,44,45)/p+1/b27-24-. The molecule has 0 heterocycles. The molecule has 1 amide bonds. The van der Waals surface area contributed by atoms with Crippen LogP contribution in [-0.2, 0) is 18.4 Å². The number of likely N-dealkylation sites (N-methyl/N-ethyl adjacent to an activating group) is 1. The second-order valence-electron chi connectivity index (χ2n) is 15.0. The van der Waals surface area contributed by atoms with E-state index in [1.54, 1.807) is 0 Å². The van der Waals surface area contributed by atoms with Crippen molar-refractivity contribution < 1.29 is 32.9 Å². The van der Waals surface area contributed by atoms with Crippen LogP contribution < -0.4 is 5.32 Å². The molecule has 0 aromatic rings. The molecule has 0 rings (SSSR count). The maximum Gasteiger partial charge on any atom is 0.472 e. The van der Waals surface area contributed by atoms with Crippen LogP contribution in [0.5, 0.6) is 0 Å². The Morgan fingerprint density at radius 2 is 1.12 bits per heavy atom. The van der Waals surface area contributed by atoms with Crippen molar-refractivity contribution in [2.45, 2.75) is 193 Å². The molecule has 3 N–H and O–H groups in total. The highest BCUT2D eigenvalue weighted by atomic mass is 31.2. The Hall–Kier alpha value is -0.760. The van der Waals surface area contributed by atoms with Crippen LogP contribution >= 0.6 is 7.82 Å². The minimum Gasteiger partial charge on any atom is -0.391 e. The summed E-state index contributed by atoms with van der Waals surface area (Å²) >= 11 is 0. The van der Waals surface area contributed by atoms with Gasteiger partial charge in [0.1, 0.15) is 13.2 Å². The predicted octanol–water partition coefficient (Wildman–Crippen LogP) is 10.4. The lowest BCUT2D eigenvalue weighted by Crippen LogP contribution is -2.46. The first-order valence-corrected chi connectivity index (χ1v) is 21.5. The highest BCUT2D eigenvalue weighted by Gasteiger charge is 2.28. The van der Waals surface area contributed by atoms with Gasteiger partial charge in [-0.1, -0.05) is 154 Å². The molecule has 0 fully saturated rings. The molecule has 3 atom stereocenters. The summed E-state index contributed by atoms with van der Waals surface area (Å²) in [5, 5.41) is 13.8. The molecule has 0 saturated carbocycles. The number of quaternary nitrogens is 1. The van der Waals surface area contributed by atoms with Crippen LogP contribution in [-0.4, -0.2) is 73.4 Å². The maximum atomic E-state index is 12.7. The van der Waals surface area contributed by atoms with Crippen molar-refractivity contribution in [3.63, 3.8) is 0 Å². The van der Waals surface area contributed by atoms with Crippen molar-refractivity contribution >= 4 is 13.7 Å². The zero-order valence-electron chi connectivity index (χ0n) is 32.2. The largest absolute Gasteiger partial charge is 0.472 e. The van der Waals surface area contributed by atoms with Gasteiger partial charge in [0.05, 0.1) is 39.9 Å². The number of unbranched alkanes of at least 4 members (excludes halogenated alkanes) is 21. The summed E-state index contributed by atoms with van der Waals surface area (Å²) in [5.74, 6) is -0.180. The maximum absolute atomic E-state index is 12.7. The fourth-order valence-corrected chi connectivity index (χ4v) is 6.49. The summed E-state index contributed by atoms with van der Waals surface area (Å²) in [6, 6.07) is -0.768. The number of aliphatic hydroxyl groups is 1. The van der Waals surface area contributed by atoms with Gasteiger partial charge in [-0.25, -0.2) is 4.57 Å². The molecule has 0 spiro atoms. The quantitative estimate of drug-likeness (QED) is 0.0260. The monoisotopic (exact) mass is 704 g/mol. The van der Waals surface area contributed by atoms with Gasteiger partial charge in [0, 0.05) is 6.42 Å². The van der Waals surface area contributed by atoms with E-state index in [0.29, 0.717) is 30.3 Å². The lowest BCUT2D eigenvalue weighted by molar-refractivity contribution is -0.870. The Morgan fingerprint density at radius 3 is 1.60 bits per heavy atom. The Labute approximate surface area is 297 Å². The number of amides is 1. The smallest absolute Gasteiger partial charge is 0.391 e. The second-order valence-corrected chi connectivity index (χ2v) is 16.5. The van der Waals surface area contributed by atoms with E-state index in [0.717, 1.165) is 32.1 Å². The molecule has 0 aromatic carbocycles. The molecule has 9 heteroatoms. The number of nitrogens with zero attached hydrogens (tertiary/aromatic N) is 1. The number of phosphoric ester groups is 1. The van der Waals surface area contributed by atoms with E-state index in [2.05, 4.69) is 31.3 Å². The number of hydrogen-bond acceptors (Lipinski definition) is 5. The molecular formula is C39H80N2O6P+. The van der Waals surface area contributed by atoms with E-state index in [-0.39, 0.29) is 19.1 Å². The fourth-order valence-electron chi connectivity index (χ4n) is 5.75. The third kappa shape index (κ3) is 33.7. The van der Waals surface area contributed by atoms with Crippen LogP contribution in [0, 0.1) is 0 Å². The van der Waals surface area contributed by atoms with Gasteiger partial charge in [-0.2, -0.15) is 0 Å². The van der Waals surface area contributed by atoms with Crippen LogP contribution in [0.15, 0.2) is 12.2 Å². The summed E-state index contributed by atoms with van der Waals surface area (Å²) in [6.07, 6.45) is 33.9. The summed E-state index contributed by atoms with van der Waals surface area (Å²) in [7, 11) is 1.60. The van der Waals surface area contributed by atoms with Crippen LogP contribution in [0.4, 0.5) is 0 Å². The lowest BCUT2D eigenvalue weighted by Gasteiger charge is -2.26. The highest BCUT2D eigenvalue weighted by Crippen LogP contribution is 2.43. The molecule has 0 aliphatic carbocycles. The molecule has 8 nitrogen and oxygen atoms in total. The summed E-state index contributed by atoms with van der Waals surface area (Å²) in [4.78, 5) is 22.9. The normalized spacial score (nSPS) is 14.7. The molecule has 3 unspecified atom stereocenters. The van der Waals surface area contributed by atoms with Crippen molar-refractivity contribution in [2.24, 2.45) is 0 Å². The SMILES string of the molecule is CCCCCC/C=C\CCCC(=O)NC(COP(=O)(O)OCC[N+](C)(C)C)C(O)CCCCCCCCCCCCCCCCCCC. The summed E-state index contributed by atoms with van der Waals surface area (Å²) in [6.45, 7) is 4.82. The van der Waals surface area contributed by atoms with E-state index in [1.165, 1.54) is 116 Å². The Kier molecular flexibility index (Phi) is 31.7. The van der Waals surface area contributed by atoms with E-state index >= 15 is 0 Å². The van der Waals surface area contributed by atoms with Crippen molar-refractivity contribution in [1.29, 1.82) is 0 Å². The summed E-state index contributed by atoms with van der Waals surface area (Å²) in [5.41, 5.74) is 0. The third-order valence-electron chi connectivity index (χ3n) is 9.01. The first-order valence-electron chi connectivity index (χ1n) is 20.1. The fraction of sp³-hybridized carbons (Fsp3) is 0.923. The summed E-state index contributed by atoms with van der Waals surface area (Å²) < 4.78 is 23.5. The first-order chi connectivity index (χ1) is 23.0. The number of carbonyl (C=O) groups is 1.